The molecule has 0 bridgehead atoms. The van der Waals surface area contributed by atoms with Crippen molar-refractivity contribution in [3.05, 3.63) is 47.0 Å². The summed E-state index contributed by atoms with van der Waals surface area (Å²) in [6.45, 7) is 0. The second-order valence-electron chi connectivity index (χ2n) is 4.37. The second kappa shape index (κ2) is 7.21. The van der Waals surface area contributed by atoms with Crippen LogP contribution >= 0.6 is 35.1 Å². The molecule has 0 spiro atoms. The van der Waals surface area contributed by atoms with Gasteiger partial charge >= 0.3 is 0 Å². The zero-order valence-corrected chi connectivity index (χ0v) is 14.0. The molecular weight excluding hydrogens is 342 g/mol. The fourth-order valence-electron chi connectivity index (χ4n) is 1.75. The van der Waals surface area contributed by atoms with Crippen molar-refractivity contribution >= 4 is 35.1 Å². The second-order valence-corrected chi connectivity index (χ2v) is 6.60. The Bertz CT molecular complexity index is 743. The van der Waals surface area contributed by atoms with Crippen molar-refractivity contribution in [2.75, 3.05) is 6.26 Å². The molecule has 0 fully saturated rings. The summed E-state index contributed by atoms with van der Waals surface area (Å²) in [4.78, 5) is 0. The Balaban J connectivity index is 1.62. The number of hydrogen-bond acceptors (Lipinski definition) is 7. The topological polar surface area (TPSA) is 65.0 Å². The van der Waals surface area contributed by atoms with Gasteiger partial charge < -0.3 is 8.94 Å². The number of hydrogen-bond donors (Lipinski definition) is 0. The van der Waals surface area contributed by atoms with Crippen LogP contribution in [0.5, 0.6) is 0 Å². The Kier molecular flexibility index (Phi) is 5.07. The van der Waals surface area contributed by atoms with E-state index in [2.05, 4.69) is 15.4 Å². The normalized spacial score (nSPS) is 11.0. The molecule has 22 heavy (non-hydrogen) atoms. The molecule has 1 aromatic carbocycles. The van der Waals surface area contributed by atoms with Gasteiger partial charge in [0.1, 0.15) is 11.5 Å². The molecule has 3 aromatic rings. The van der Waals surface area contributed by atoms with Crippen LogP contribution in [-0.4, -0.2) is 21.6 Å². The highest BCUT2D eigenvalue weighted by molar-refractivity contribution is 7.98. The Morgan fingerprint density at radius 3 is 2.73 bits per heavy atom. The van der Waals surface area contributed by atoms with Crippen LogP contribution in [0.25, 0.3) is 11.3 Å². The van der Waals surface area contributed by atoms with Gasteiger partial charge in [0, 0.05) is 16.7 Å². The molecule has 3 rings (SSSR count). The van der Waals surface area contributed by atoms with E-state index >= 15 is 0 Å². The SMILES string of the molecule is CSCc1nnc(SCc2cc(-c3ccc(Cl)cc3)no2)o1. The van der Waals surface area contributed by atoms with Gasteiger partial charge in [0.05, 0.1) is 11.5 Å². The first-order chi connectivity index (χ1) is 10.7. The van der Waals surface area contributed by atoms with Crippen molar-refractivity contribution in [3.63, 3.8) is 0 Å². The highest BCUT2D eigenvalue weighted by atomic mass is 35.5. The molecule has 0 aliphatic carbocycles. The lowest BCUT2D eigenvalue weighted by atomic mass is 10.1. The van der Waals surface area contributed by atoms with E-state index in [1.165, 1.54) is 11.8 Å². The molecule has 0 atom stereocenters. The van der Waals surface area contributed by atoms with E-state index in [-0.39, 0.29) is 0 Å². The highest BCUT2D eigenvalue weighted by Gasteiger charge is 2.10. The van der Waals surface area contributed by atoms with Crippen molar-refractivity contribution < 1.29 is 8.94 Å². The Morgan fingerprint density at radius 1 is 1.14 bits per heavy atom. The summed E-state index contributed by atoms with van der Waals surface area (Å²) < 4.78 is 10.8. The van der Waals surface area contributed by atoms with Crippen LogP contribution in [-0.2, 0) is 11.5 Å². The van der Waals surface area contributed by atoms with Crippen molar-refractivity contribution in [1.82, 2.24) is 15.4 Å². The molecule has 8 heteroatoms. The average Bonchev–Trinajstić information content (AvgIpc) is 3.16. The molecule has 0 aliphatic rings. The summed E-state index contributed by atoms with van der Waals surface area (Å²) >= 11 is 8.94. The maximum Gasteiger partial charge on any atom is 0.277 e. The predicted molar refractivity (Wildman–Crippen MR) is 88.0 cm³/mol. The summed E-state index contributed by atoms with van der Waals surface area (Å²) in [5.41, 5.74) is 1.74. The van der Waals surface area contributed by atoms with Crippen LogP contribution in [0.1, 0.15) is 11.7 Å². The third-order valence-electron chi connectivity index (χ3n) is 2.75. The van der Waals surface area contributed by atoms with Crippen LogP contribution in [0, 0.1) is 0 Å². The van der Waals surface area contributed by atoms with Gasteiger partial charge in [-0.05, 0) is 18.4 Å². The number of nitrogens with zero attached hydrogens (tertiary/aromatic N) is 3. The van der Waals surface area contributed by atoms with Gasteiger partial charge in [-0.3, -0.25) is 0 Å². The van der Waals surface area contributed by atoms with Gasteiger partial charge in [-0.1, -0.05) is 40.7 Å². The predicted octanol–water partition coefficient (Wildman–Crippen LogP) is 4.53. The first-order valence-electron chi connectivity index (χ1n) is 6.40. The van der Waals surface area contributed by atoms with Crippen molar-refractivity contribution in [2.24, 2.45) is 0 Å². The van der Waals surface area contributed by atoms with Gasteiger partial charge in [-0.25, -0.2) is 0 Å². The first-order valence-corrected chi connectivity index (χ1v) is 9.16. The standard InChI is InChI=1S/C14H12ClN3O2S2/c1-21-8-13-16-17-14(19-13)22-7-11-6-12(18-20-11)9-2-4-10(15)5-3-9/h2-6H,7-8H2,1H3. The molecule has 5 nitrogen and oxygen atoms in total. The van der Waals surface area contributed by atoms with Gasteiger partial charge in [0.15, 0.2) is 0 Å². The zero-order chi connectivity index (χ0) is 15.4. The lowest BCUT2D eigenvalue weighted by Crippen LogP contribution is -1.77. The van der Waals surface area contributed by atoms with Crippen molar-refractivity contribution in [1.29, 1.82) is 0 Å². The van der Waals surface area contributed by atoms with Crippen LogP contribution in [0.4, 0.5) is 0 Å². The molecule has 0 aliphatic heterocycles. The monoisotopic (exact) mass is 353 g/mol. The van der Waals surface area contributed by atoms with E-state index in [9.17, 15) is 0 Å². The molecule has 0 N–H and O–H groups in total. The Morgan fingerprint density at radius 2 is 1.95 bits per heavy atom. The molecule has 0 radical (unpaired) electrons. The number of rotatable bonds is 6. The lowest BCUT2D eigenvalue weighted by molar-refractivity contribution is 0.395. The van der Waals surface area contributed by atoms with E-state index in [0.717, 1.165) is 22.8 Å². The molecule has 0 amide bonds. The van der Waals surface area contributed by atoms with Crippen LogP contribution in [0.3, 0.4) is 0 Å². The van der Waals surface area contributed by atoms with E-state index in [0.29, 0.717) is 21.9 Å². The van der Waals surface area contributed by atoms with Gasteiger partial charge in [0.2, 0.25) is 5.89 Å². The van der Waals surface area contributed by atoms with Crippen LogP contribution in [0.15, 0.2) is 44.5 Å². The van der Waals surface area contributed by atoms with E-state index in [1.54, 1.807) is 11.8 Å². The summed E-state index contributed by atoms with van der Waals surface area (Å²) in [5, 5.41) is 13.2. The van der Waals surface area contributed by atoms with E-state index < -0.39 is 0 Å². The number of halogens is 1. The first kappa shape index (κ1) is 15.5. The molecular formula is C14H12ClN3O2S2. The molecule has 0 saturated heterocycles. The summed E-state index contributed by atoms with van der Waals surface area (Å²) in [6, 6.07) is 9.36. The maximum absolute atomic E-state index is 5.87. The summed E-state index contributed by atoms with van der Waals surface area (Å²) in [7, 11) is 0. The minimum atomic E-state index is 0.536. The van der Waals surface area contributed by atoms with Crippen LogP contribution in [0.2, 0.25) is 5.02 Å². The largest absolute Gasteiger partial charge is 0.415 e. The quantitative estimate of drug-likeness (QED) is 0.603. The van der Waals surface area contributed by atoms with Gasteiger partial charge in [0.25, 0.3) is 5.22 Å². The van der Waals surface area contributed by atoms with Crippen LogP contribution < -0.4 is 0 Å². The third-order valence-corrected chi connectivity index (χ3v) is 4.38. The fraction of sp³-hybridized carbons (Fsp3) is 0.214. The van der Waals surface area contributed by atoms with Crippen molar-refractivity contribution in [2.45, 2.75) is 16.7 Å². The van der Waals surface area contributed by atoms with E-state index in [4.69, 9.17) is 20.5 Å². The van der Waals surface area contributed by atoms with Gasteiger partial charge in [-0.15, -0.1) is 10.2 Å². The van der Waals surface area contributed by atoms with Crippen molar-refractivity contribution in [3.8, 4) is 11.3 Å². The Labute approximate surface area is 140 Å². The smallest absolute Gasteiger partial charge is 0.277 e. The Hall–Kier alpha value is -1.44. The number of aromatic nitrogens is 3. The molecule has 0 saturated carbocycles. The molecule has 2 aromatic heterocycles. The maximum atomic E-state index is 5.87. The van der Waals surface area contributed by atoms with E-state index in [1.807, 2.05) is 36.6 Å². The fourth-order valence-corrected chi connectivity index (χ4v) is 2.89. The van der Waals surface area contributed by atoms with Gasteiger partial charge in [-0.2, -0.15) is 11.8 Å². The number of benzene rings is 1. The molecule has 0 unspecified atom stereocenters. The minimum Gasteiger partial charge on any atom is -0.415 e. The summed E-state index contributed by atoms with van der Waals surface area (Å²) in [5.74, 6) is 2.69. The third kappa shape index (κ3) is 3.85. The minimum absolute atomic E-state index is 0.536. The highest BCUT2D eigenvalue weighted by Crippen LogP contribution is 2.26. The lowest BCUT2D eigenvalue weighted by Gasteiger charge is -1.94. The average molecular weight is 354 g/mol. The molecule has 2 heterocycles. The zero-order valence-electron chi connectivity index (χ0n) is 11.7. The number of thioether (sulfide) groups is 2. The summed E-state index contributed by atoms with van der Waals surface area (Å²) in [6.07, 6.45) is 1.99. The molecule has 114 valence electrons.